The maximum absolute atomic E-state index is 4.68. The highest BCUT2D eigenvalue weighted by Crippen LogP contribution is 2.22. The molecule has 0 atom stereocenters. The second-order valence-corrected chi connectivity index (χ2v) is 5.48. The first kappa shape index (κ1) is 11.7. The molecule has 2 aliphatic rings. The van der Waals surface area contributed by atoms with Crippen LogP contribution in [0.25, 0.3) is 0 Å². The minimum absolute atomic E-state index is 0.809. The molecule has 1 aromatic rings. The Morgan fingerprint density at radius 2 is 1.78 bits per heavy atom. The Bertz CT molecular complexity index is 394. The van der Waals surface area contributed by atoms with Crippen LogP contribution in [0.15, 0.2) is 6.20 Å². The van der Waals surface area contributed by atoms with Gasteiger partial charge in [0.2, 0.25) is 5.95 Å². The average Bonchev–Trinajstić information content (AvgIpc) is 2.94. The first-order valence-electron chi connectivity index (χ1n) is 7.02. The van der Waals surface area contributed by atoms with Gasteiger partial charge in [-0.3, -0.25) is 0 Å². The summed E-state index contributed by atoms with van der Waals surface area (Å²) in [5.41, 5.74) is 0. The molecular formula is C13H21N5. The minimum atomic E-state index is 0.809. The summed E-state index contributed by atoms with van der Waals surface area (Å²) in [7, 11) is 0. The zero-order valence-electron chi connectivity index (χ0n) is 11.0. The molecule has 2 fully saturated rings. The fourth-order valence-corrected chi connectivity index (χ4v) is 2.73. The van der Waals surface area contributed by atoms with Gasteiger partial charge in [-0.05, 0) is 31.6 Å². The average molecular weight is 247 g/mol. The van der Waals surface area contributed by atoms with Crippen LogP contribution in [0.4, 0.5) is 11.8 Å². The quantitative estimate of drug-likeness (QED) is 0.796. The molecule has 3 rings (SSSR count). The van der Waals surface area contributed by atoms with E-state index in [0.717, 1.165) is 43.9 Å². The molecule has 18 heavy (non-hydrogen) atoms. The van der Waals surface area contributed by atoms with Gasteiger partial charge in [-0.1, -0.05) is 6.92 Å². The lowest BCUT2D eigenvalue weighted by Gasteiger charge is -2.31. The molecule has 0 aliphatic carbocycles. The summed E-state index contributed by atoms with van der Waals surface area (Å²) in [5.74, 6) is 2.65. The van der Waals surface area contributed by atoms with Gasteiger partial charge in [-0.2, -0.15) is 10.1 Å². The van der Waals surface area contributed by atoms with E-state index in [1.807, 2.05) is 0 Å². The Kier molecular flexibility index (Phi) is 3.30. The second kappa shape index (κ2) is 5.08. The molecule has 3 heterocycles. The number of nitrogens with zero attached hydrogens (tertiary/aromatic N) is 5. The summed E-state index contributed by atoms with van der Waals surface area (Å²) < 4.78 is 0. The van der Waals surface area contributed by atoms with Gasteiger partial charge < -0.3 is 9.80 Å². The summed E-state index contributed by atoms with van der Waals surface area (Å²) in [4.78, 5) is 9.26. The number of hydrogen-bond donors (Lipinski definition) is 0. The third kappa shape index (κ3) is 2.40. The molecule has 1 aromatic heterocycles. The molecule has 0 saturated carbocycles. The van der Waals surface area contributed by atoms with Gasteiger partial charge in [0, 0.05) is 26.2 Å². The van der Waals surface area contributed by atoms with Crippen molar-refractivity contribution in [2.45, 2.75) is 32.6 Å². The Hall–Kier alpha value is -1.39. The van der Waals surface area contributed by atoms with Crippen LogP contribution in [-0.4, -0.2) is 41.4 Å². The molecule has 0 unspecified atom stereocenters. The first-order valence-corrected chi connectivity index (χ1v) is 7.02. The van der Waals surface area contributed by atoms with Crippen LogP contribution in [0.2, 0.25) is 0 Å². The molecule has 0 bridgehead atoms. The number of aromatic nitrogens is 3. The van der Waals surface area contributed by atoms with Gasteiger partial charge in [-0.25, -0.2) is 0 Å². The monoisotopic (exact) mass is 247 g/mol. The van der Waals surface area contributed by atoms with Crippen molar-refractivity contribution in [1.82, 2.24) is 15.2 Å². The molecule has 5 nitrogen and oxygen atoms in total. The number of piperidine rings is 1. The van der Waals surface area contributed by atoms with E-state index in [1.54, 1.807) is 6.20 Å². The summed E-state index contributed by atoms with van der Waals surface area (Å²) in [6.07, 6.45) is 6.80. The van der Waals surface area contributed by atoms with E-state index in [1.165, 1.54) is 25.7 Å². The Morgan fingerprint density at radius 1 is 1.06 bits per heavy atom. The summed E-state index contributed by atoms with van der Waals surface area (Å²) in [6, 6.07) is 0. The number of hydrogen-bond acceptors (Lipinski definition) is 5. The SMILES string of the molecule is CC1CCN(c2cnnc(N3CCCC3)n2)CC1. The third-order valence-corrected chi connectivity index (χ3v) is 4.03. The molecule has 2 saturated heterocycles. The Balaban J connectivity index is 1.74. The molecule has 0 amide bonds. The maximum atomic E-state index is 4.68. The zero-order valence-corrected chi connectivity index (χ0v) is 11.0. The first-order chi connectivity index (χ1) is 8.83. The van der Waals surface area contributed by atoms with Crippen LogP contribution in [-0.2, 0) is 0 Å². The topological polar surface area (TPSA) is 45.2 Å². The molecule has 5 heteroatoms. The van der Waals surface area contributed by atoms with Crippen molar-refractivity contribution >= 4 is 11.8 Å². The van der Waals surface area contributed by atoms with E-state index in [9.17, 15) is 0 Å². The van der Waals surface area contributed by atoms with Crippen molar-refractivity contribution in [2.75, 3.05) is 36.0 Å². The molecule has 0 aromatic carbocycles. The van der Waals surface area contributed by atoms with Crippen molar-refractivity contribution in [3.63, 3.8) is 0 Å². The zero-order chi connectivity index (χ0) is 12.4. The standard InChI is InChI=1S/C13H21N5/c1-11-4-8-17(9-5-11)12-10-14-16-13(15-12)18-6-2-3-7-18/h10-11H,2-9H2,1H3. The molecular weight excluding hydrogens is 226 g/mol. The number of rotatable bonds is 2. The lowest BCUT2D eigenvalue weighted by molar-refractivity contribution is 0.436. The summed E-state index contributed by atoms with van der Waals surface area (Å²) in [6.45, 7) is 6.66. The van der Waals surface area contributed by atoms with Crippen molar-refractivity contribution in [3.8, 4) is 0 Å². The van der Waals surface area contributed by atoms with Gasteiger partial charge in [-0.15, -0.1) is 5.10 Å². The van der Waals surface area contributed by atoms with Gasteiger partial charge in [0.25, 0.3) is 0 Å². The molecule has 0 spiro atoms. The van der Waals surface area contributed by atoms with Gasteiger partial charge in [0.15, 0.2) is 5.82 Å². The van der Waals surface area contributed by atoms with E-state index in [0.29, 0.717) is 0 Å². The van der Waals surface area contributed by atoms with Crippen molar-refractivity contribution in [3.05, 3.63) is 6.20 Å². The maximum Gasteiger partial charge on any atom is 0.247 e. The van der Waals surface area contributed by atoms with E-state index in [2.05, 4.69) is 31.9 Å². The lowest BCUT2D eigenvalue weighted by atomic mass is 9.99. The van der Waals surface area contributed by atoms with Crippen LogP contribution < -0.4 is 9.80 Å². The van der Waals surface area contributed by atoms with E-state index >= 15 is 0 Å². The van der Waals surface area contributed by atoms with E-state index in [-0.39, 0.29) is 0 Å². The normalized spacial score (nSPS) is 21.6. The fraction of sp³-hybridized carbons (Fsp3) is 0.769. The smallest absolute Gasteiger partial charge is 0.247 e. The van der Waals surface area contributed by atoms with Crippen LogP contribution in [0.5, 0.6) is 0 Å². The second-order valence-electron chi connectivity index (χ2n) is 5.48. The van der Waals surface area contributed by atoms with Crippen LogP contribution in [0, 0.1) is 5.92 Å². The Morgan fingerprint density at radius 3 is 2.50 bits per heavy atom. The molecule has 0 N–H and O–H groups in total. The molecule has 0 radical (unpaired) electrons. The lowest BCUT2D eigenvalue weighted by Crippen LogP contribution is -2.34. The fourth-order valence-electron chi connectivity index (χ4n) is 2.73. The van der Waals surface area contributed by atoms with Gasteiger partial charge in [0.05, 0.1) is 6.20 Å². The predicted molar refractivity (Wildman–Crippen MR) is 71.9 cm³/mol. The van der Waals surface area contributed by atoms with Gasteiger partial charge in [0.1, 0.15) is 0 Å². The minimum Gasteiger partial charge on any atom is -0.355 e. The predicted octanol–water partition coefficient (Wildman–Crippen LogP) is 1.71. The highest BCUT2D eigenvalue weighted by molar-refractivity contribution is 5.42. The van der Waals surface area contributed by atoms with Crippen LogP contribution in [0.1, 0.15) is 32.6 Å². The van der Waals surface area contributed by atoms with Crippen LogP contribution in [0.3, 0.4) is 0 Å². The molecule has 2 aliphatic heterocycles. The Labute approximate surface area is 108 Å². The number of anilines is 2. The molecule has 98 valence electrons. The van der Waals surface area contributed by atoms with E-state index in [4.69, 9.17) is 0 Å². The third-order valence-electron chi connectivity index (χ3n) is 4.03. The highest BCUT2D eigenvalue weighted by atomic mass is 15.4. The highest BCUT2D eigenvalue weighted by Gasteiger charge is 2.20. The van der Waals surface area contributed by atoms with Crippen LogP contribution >= 0.6 is 0 Å². The largest absolute Gasteiger partial charge is 0.355 e. The van der Waals surface area contributed by atoms with Crippen molar-refractivity contribution in [1.29, 1.82) is 0 Å². The van der Waals surface area contributed by atoms with Gasteiger partial charge >= 0.3 is 0 Å². The van der Waals surface area contributed by atoms with Crippen molar-refractivity contribution in [2.24, 2.45) is 5.92 Å². The van der Waals surface area contributed by atoms with Crippen molar-refractivity contribution < 1.29 is 0 Å². The summed E-state index contributed by atoms with van der Waals surface area (Å²) >= 11 is 0. The summed E-state index contributed by atoms with van der Waals surface area (Å²) in [5, 5.41) is 8.30. The van der Waals surface area contributed by atoms with E-state index < -0.39 is 0 Å².